The molecule has 0 aliphatic heterocycles. The summed E-state index contributed by atoms with van der Waals surface area (Å²) in [6.07, 6.45) is 1.86. The summed E-state index contributed by atoms with van der Waals surface area (Å²) in [6, 6.07) is 39.9. The Labute approximate surface area is 211 Å². The molecule has 168 valence electrons. The third kappa shape index (κ3) is 3.56. The zero-order chi connectivity index (χ0) is 23.7. The SMILES string of the molecule is Brc1cccc(-c2n[nH]c3nccc(C(c4ccccc4)(c4ccccc4)c4ccccc4)c23)n1. The van der Waals surface area contributed by atoms with E-state index < -0.39 is 5.41 Å². The van der Waals surface area contributed by atoms with Crippen molar-refractivity contribution >= 4 is 27.0 Å². The highest BCUT2D eigenvalue weighted by molar-refractivity contribution is 9.10. The minimum Gasteiger partial charge on any atom is -0.260 e. The molecule has 6 aromatic rings. The number of benzene rings is 3. The highest BCUT2D eigenvalue weighted by Gasteiger charge is 2.40. The maximum Gasteiger partial charge on any atom is 0.156 e. The van der Waals surface area contributed by atoms with E-state index in [0.29, 0.717) is 0 Å². The van der Waals surface area contributed by atoms with Crippen LogP contribution in [0.2, 0.25) is 0 Å². The molecule has 0 unspecified atom stereocenters. The first-order chi connectivity index (χ1) is 17.3. The van der Waals surface area contributed by atoms with E-state index in [2.05, 4.69) is 123 Å². The van der Waals surface area contributed by atoms with Crippen LogP contribution in [0.4, 0.5) is 0 Å². The highest BCUT2D eigenvalue weighted by Crippen LogP contribution is 2.48. The van der Waals surface area contributed by atoms with Crippen molar-refractivity contribution in [2.24, 2.45) is 0 Å². The number of aromatic amines is 1. The van der Waals surface area contributed by atoms with Gasteiger partial charge in [-0.1, -0.05) is 97.1 Å². The molecule has 0 atom stereocenters. The summed E-state index contributed by atoms with van der Waals surface area (Å²) in [6.45, 7) is 0. The standard InChI is InChI=1S/C30H21BrN4/c31-26-18-10-17-25(33-26)28-27-24(19-20-32-29(27)35-34-28)30(21-11-4-1-5-12-21,22-13-6-2-7-14-22)23-15-8-3-9-16-23/h1-20H,(H,32,34,35). The molecule has 0 spiro atoms. The number of H-pyrrole nitrogens is 1. The molecular formula is C30H21BrN4. The third-order valence-electron chi connectivity index (χ3n) is 6.44. The van der Waals surface area contributed by atoms with Gasteiger partial charge in [-0.25, -0.2) is 9.97 Å². The lowest BCUT2D eigenvalue weighted by Crippen LogP contribution is -2.31. The molecule has 0 fully saturated rings. The molecule has 0 saturated heterocycles. The van der Waals surface area contributed by atoms with Crippen molar-refractivity contribution in [1.82, 2.24) is 20.2 Å². The summed E-state index contributed by atoms with van der Waals surface area (Å²) in [7, 11) is 0. The largest absolute Gasteiger partial charge is 0.260 e. The molecule has 3 aromatic carbocycles. The normalized spacial score (nSPS) is 11.6. The van der Waals surface area contributed by atoms with E-state index in [1.807, 2.05) is 24.4 Å². The number of hydrogen-bond donors (Lipinski definition) is 1. The first kappa shape index (κ1) is 21.4. The van der Waals surface area contributed by atoms with Gasteiger partial charge in [-0.2, -0.15) is 5.10 Å². The smallest absolute Gasteiger partial charge is 0.156 e. The van der Waals surface area contributed by atoms with Gasteiger partial charge in [-0.15, -0.1) is 0 Å². The third-order valence-corrected chi connectivity index (χ3v) is 6.89. The number of nitrogens with one attached hydrogen (secondary N) is 1. The van der Waals surface area contributed by atoms with E-state index in [4.69, 9.17) is 10.1 Å². The van der Waals surface area contributed by atoms with E-state index >= 15 is 0 Å². The molecule has 35 heavy (non-hydrogen) atoms. The first-order valence-electron chi connectivity index (χ1n) is 11.4. The van der Waals surface area contributed by atoms with Crippen LogP contribution >= 0.6 is 15.9 Å². The topological polar surface area (TPSA) is 54.5 Å². The molecule has 0 aliphatic rings. The monoisotopic (exact) mass is 516 g/mol. The van der Waals surface area contributed by atoms with Crippen molar-refractivity contribution in [2.45, 2.75) is 5.41 Å². The van der Waals surface area contributed by atoms with E-state index in [1.165, 1.54) is 16.7 Å². The second-order valence-electron chi connectivity index (χ2n) is 8.35. The molecule has 0 bridgehead atoms. The second kappa shape index (κ2) is 8.93. The van der Waals surface area contributed by atoms with Gasteiger partial charge in [-0.05, 0) is 56.4 Å². The van der Waals surface area contributed by atoms with Crippen LogP contribution in [0, 0.1) is 0 Å². The number of rotatable bonds is 5. The van der Waals surface area contributed by atoms with Crippen molar-refractivity contribution in [2.75, 3.05) is 0 Å². The van der Waals surface area contributed by atoms with E-state index in [-0.39, 0.29) is 0 Å². The van der Waals surface area contributed by atoms with Gasteiger partial charge in [-0.3, -0.25) is 5.10 Å². The second-order valence-corrected chi connectivity index (χ2v) is 9.16. The van der Waals surface area contributed by atoms with Crippen LogP contribution in [-0.2, 0) is 5.41 Å². The summed E-state index contributed by atoms with van der Waals surface area (Å²) < 4.78 is 0.761. The Morgan fingerprint density at radius 3 is 1.74 bits per heavy atom. The van der Waals surface area contributed by atoms with Crippen molar-refractivity contribution < 1.29 is 0 Å². The summed E-state index contributed by atoms with van der Waals surface area (Å²) in [4.78, 5) is 9.36. The molecule has 3 heterocycles. The number of fused-ring (bicyclic) bond motifs is 1. The van der Waals surface area contributed by atoms with Gasteiger partial charge < -0.3 is 0 Å². The van der Waals surface area contributed by atoms with Gasteiger partial charge in [0.1, 0.15) is 10.3 Å². The average Bonchev–Trinajstić information content (AvgIpc) is 3.36. The van der Waals surface area contributed by atoms with Gasteiger partial charge in [0.15, 0.2) is 5.65 Å². The van der Waals surface area contributed by atoms with Crippen molar-refractivity contribution in [3.8, 4) is 11.4 Å². The van der Waals surface area contributed by atoms with Crippen molar-refractivity contribution in [3.05, 3.63) is 148 Å². The molecule has 0 radical (unpaired) electrons. The summed E-state index contributed by atoms with van der Waals surface area (Å²) >= 11 is 3.52. The predicted molar refractivity (Wildman–Crippen MR) is 143 cm³/mol. The van der Waals surface area contributed by atoms with E-state index in [0.717, 1.165) is 32.6 Å². The fraction of sp³-hybridized carbons (Fsp3) is 0.0333. The molecule has 5 heteroatoms. The lowest BCUT2D eigenvalue weighted by Gasteiger charge is -2.37. The fourth-order valence-corrected chi connectivity index (χ4v) is 5.36. The van der Waals surface area contributed by atoms with Crippen LogP contribution in [-0.4, -0.2) is 20.2 Å². The van der Waals surface area contributed by atoms with Crippen molar-refractivity contribution in [3.63, 3.8) is 0 Å². The lowest BCUT2D eigenvalue weighted by molar-refractivity contribution is 0.751. The number of aromatic nitrogens is 4. The maximum absolute atomic E-state index is 4.71. The van der Waals surface area contributed by atoms with Crippen molar-refractivity contribution in [1.29, 1.82) is 0 Å². The highest BCUT2D eigenvalue weighted by atomic mass is 79.9. The number of pyridine rings is 2. The Hall–Kier alpha value is -4.09. The first-order valence-corrected chi connectivity index (χ1v) is 12.2. The van der Waals surface area contributed by atoms with E-state index in [1.54, 1.807) is 0 Å². The van der Waals surface area contributed by atoms with Crippen LogP contribution < -0.4 is 0 Å². The Kier molecular flexibility index (Phi) is 5.47. The maximum atomic E-state index is 4.71. The lowest BCUT2D eigenvalue weighted by atomic mass is 9.64. The Bertz CT molecular complexity index is 1500. The molecular weight excluding hydrogens is 496 g/mol. The molecule has 0 saturated carbocycles. The molecule has 6 rings (SSSR count). The zero-order valence-corrected chi connectivity index (χ0v) is 20.4. The van der Waals surface area contributed by atoms with Crippen LogP contribution in [0.1, 0.15) is 22.3 Å². The molecule has 0 aliphatic carbocycles. The van der Waals surface area contributed by atoms with Crippen LogP contribution in [0.25, 0.3) is 22.4 Å². The summed E-state index contributed by atoms with van der Waals surface area (Å²) in [5.74, 6) is 0. The average molecular weight is 517 g/mol. The fourth-order valence-electron chi connectivity index (χ4n) is 5.02. The summed E-state index contributed by atoms with van der Waals surface area (Å²) in [5, 5.41) is 8.80. The molecule has 3 aromatic heterocycles. The van der Waals surface area contributed by atoms with Gasteiger partial charge in [0.2, 0.25) is 0 Å². The molecule has 4 nitrogen and oxygen atoms in total. The van der Waals surface area contributed by atoms with E-state index in [9.17, 15) is 0 Å². The minimum absolute atomic E-state index is 0.602. The zero-order valence-electron chi connectivity index (χ0n) is 18.8. The number of halogens is 1. The van der Waals surface area contributed by atoms with Crippen LogP contribution in [0.3, 0.4) is 0 Å². The Balaban J connectivity index is 1.79. The van der Waals surface area contributed by atoms with Gasteiger partial charge in [0, 0.05) is 6.20 Å². The van der Waals surface area contributed by atoms with Crippen LogP contribution in [0.15, 0.2) is 126 Å². The Morgan fingerprint density at radius 1 is 0.629 bits per heavy atom. The Morgan fingerprint density at radius 2 is 1.20 bits per heavy atom. The quantitative estimate of drug-likeness (QED) is 0.195. The van der Waals surface area contributed by atoms with Gasteiger partial charge in [0.25, 0.3) is 0 Å². The van der Waals surface area contributed by atoms with Crippen LogP contribution in [0.5, 0.6) is 0 Å². The van der Waals surface area contributed by atoms with Gasteiger partial charge >= 0.3 is 0 Å². The molecule has 1 N–H and O–H groups in total. The van der Waals surface area contributed by atoms with Gasteiger partial charge in [0.05, 0.1) is 16.5 Å². The minimum atomic E-state index is -0.602. The predicted octanol–water partition coefficient (Wildman–Crippen LogP) is 7.17. The number of nitrogens with zero attached hydrogens (tertiary/aromatic N) is 3. The molecule has 0 amide bonds. The number of hydrogen-bond acceptors (Lipinski definition) is 3. The summed E-state index contributed by atoms with van der Waals surface area (Å²) in [5.41, 5.74) is 6.27.